The van der Waals surface area contributed by atoms with Crippen LogP contribution in [0.3, 0.4) is 0 Å². The maximum absolute atomic E-state index is 12.7. The fourth-order valence-corrected chi connectivity index (χ4v) is 2.03. The van der Waals surface area contributed by atoms with Crippen LogP contribution >= 0.6 is 11.6 Å². The standard InChI is InChI=1S/C14H13ClN2O4/c1-19-9-7-5-4-6-8(9)11(18)10-12(15)16-14(21-3)17-13(10)20-2/h4-7H,1-3H3. The molecule has 1 aromatic heterocycles. The van der Waals surface area contributed by atoms with Gasteiger partial charge in [0.2, 0.25) is 11.7 Å². The Bertz CT molecular complexity index is 676. The minimum atomic E-state index is -0.392. The number of hydrogen-bond donors (Lipinski definition) is 0. The van der Waals surface area contributed by atoms with E-state index in [1.807, 2.05) is 0 Å². The molecule has 0 N–H and O–H groups in total. The quantitative estimate of drug-likeness (QED) is 0.624. The number of halogens is 1. The summed E-state index contributed by atoms with van der Waals surface area (Å²) < 4.78 is 15.2. The lowest BCUT2D eigenvalue weighted by Gasteiger charge is -2.11. The number of ether oxygens (including phenoxy) is 3. The van der Waals surface area contributed by atoms with Crippen LogP contribution in [-0.2, 0) is 0 Å². The fourth-order valence-electron chi connectivity index (χ4n) is 1.79. The van der Waals surface area contributed by atoms with Crippen LogP contribution in [-0.4, -0.2) is 37.1 Å². The maximum atomic E-state index is 12.7. The van der Waals surface area contributed by atoms with Crippen LogP contribution in [0.4, 0.5) is 0 Å². The molecule has 0 bridgehead atoms. The highest BCUT2D eigenvalue weighted by molar-refractivity contribution is 6.34. The van der Waals surface area contributed by atoms with E-state index in [9.17, 15) is 4.79 Å². The van der Waals surface area contributed by atoms with Crippen molar-refractivity contribution in [1.82, 2.24) is 9.97 Å². The van der Waals surface area contributed by atoms with Gasteiger partial charge in [0.25, 0.3) is 0 Å². The Morgan fingerprint density at radius 1 is 1.05 bits per heavy atom. The molecule has 0 aliphatic heterocycles. The van der Waals surface area contributed by atoms with E-state index in [0.717, 1.165) is 0 Å². The van der Waals surface area contributed by atoms with Crippen LogP contribution < -0.4 is 14.2 Å². The van der Waals surface area contributed by atoms with Gasteiger partial charge in [0, 0.05) is 0 Å². The molecule has 0 unspecified atom stereocenters. The number of carbonyl (C=O) groups is 1. The minimum absolute atomic E-state index is 0.0217. The molecule has 0 aliphatic carbocycles. The van der Waals surface area contributed by atoms with Gasteiger partial charge >= 0.3 is 6.01 Å². The third kappa shape index (κ3) is 2.90. The fraction of sp³-hybridized carbons (Fsp3) is 0.214. The summed E-state index contributed by atoms with van der Waals surface area (Å²) in [7, 11) is 4.26. The normalized spacial score (nSPS) is 10.1. The van der Waals surface area contributed by atoms with Gasteiger partial charge in [-0.3, -0.25) is 4.79 Å². The molecular weight excluding hydrogens is 296 g/mol. The highest BCUT2D eigenvalue weighted by Gasteiger charge is 2.24. The van der Waals surface area contributed by atoms with E-state index in [1.54, 1.807) is 24.3 Å². The van der Waals surface area contributed by atoms with Gasteiger partial charge in [-0.05, 0) is 12.1 Å². The monoisotopic (exact) mass is 308 g/mol. The van der Waals surface area contributed by atoms with Crippen molar-refractivity contribution in [2.24, 2.45) is 0 Å². The summed E-state index contributed by atoms with van der Waals surface area (Å²) in [6.45, 7) is 0. The summed E-state index contributed by atoms with van der Waals surface area (Å²) in [5.74, 6) is 0.0798. The topological polar surface area (TPSA) is 70.5 Å². The Morgan fingerprint density at radius 2 is 1.76 bits per heavy atom. The third-order valence-electron chi connectivity index (χ3n) is 2.77. The average molecular weight is 309 g/mol. The Hall–Kier alpha value is -2.34. The number of nitrogens with zero attached hydrogens (tertiary/aromatic N) is 2. The third-order valence-corrected chi connectivity index (χ3v) is 3.04. The van der Waals surface area contributed by atoms with Crippen molar-refractivity contribution in [3.05, 3.63) is 40.5 Å². The van der Waals surface area contributed by atoms with Gasteiger partial charge < -0.3 is 14.2 Å². The summed E-state index contributed by atoms with van der Waals surface area (Å²) in [6, 6.07) is 6.81. The van der Waals surface area contributed by atoms with E-state index in [2.05, 4.69) is 9.97 Å². The van der Waals surface area contributed by atoms with E-state index in [1.165, 1.54) is 21.3 Å². The average Bonchev–Trinajstić information content (AvgIpc) is 2.53. The van der Waals surface area contributed by atoms with Gasteiger partial charge in [-0.15, -0.1) is 0 Å². The van der Waals surface area contributed by atoms with Crippen molar-refractivity contribution < 1.29 is 19.0 Å². The first-order chi connectivity index (χ1) is 10.1. The Labute approximate surface area is 126 Å². The summed E-state index contributed by atoms with van der Waals surface area (Å²) >= 11 is 6.06. The molecule has 6 nitrogen and oxygen atoms in total. The number of benzene rings is 1. The molecule has 0 atom stereocenters. The SMILES string of the molecule is COc1nc(Cl)c(C(=O)c2ccccc2OC)c(OC)n1. The van der Waals surface area contributed by atoms with E-state index >= 15 is 0 Å². The Kier molecular flexibility index (Phi) is 4.59. The molecule has 7 heteroatoms. The second-order valence-corrected chi connectivity index (χ2v) is 4.27. The van der Waals surface area contributed by atoms with Gasteiger partial charge in [-0.1, -0.05) is 23.7 Å². The van der Waals surface area contributed by atoms with Crippen molar-refractivity contribution in [3.8, 4) is 17.6 Å². The zero-order chi connectivity index (χ0) is 15.4. The Morgan fingerprint density at radius 3 is 2.38 bits per heavy atom. The Balaban J connectivity index is 2.58. The number of methoxy groups -OCH3 is 3. The predicted octanol–water partition coefficient (Wildman–Crippen LogP) is 2.39. The zero-order valence-electron chi connectivity index (χ0n) is 11.7. The second kappa shape index (κ2) is 6.41. The van der Waals surface area contributed by atoms with Crippen molar-refractivity contribution in [3.63, 3.8) is 0 Å². The molecule has 1 heterocycles. The number of para-hydroxylation sites is 1. The van der Waals surface area contributed by atoms with Crippen molar-refractivity contribution >= 4 is 17.4 Å². The summed E-state index contributed by atoms with van der Waals surface area (Å²) in [4.78, 5) is 20.5. The lowest BCUT2D eigenvalue weighted by Crippen LogP contribution is -2.10. The molecule has 0 spiro atoms. The molecule has 0 saturated carbocycles. The second-order valence-electron chi connectivity index (χ2n) is 3.91. The number of ketones is 1. The summed E-state index contributed by atoms with van der Waals surface area (Å²) in [5.41, 5.74) is 0.401. The van der Waals surface area contributed by atoms with E-state index in [0.29, 0.717) is 11.3 Å². The summed E-state index contributed by atoms with van der Waals surface area (Å²) in [6.07, 6.45) is 0. The number of carbonyl (C=O) groups excluding carboxylic acids is 1. The van der Waals surface area contributed by atoms with E-state index in [4.69, 9.17) is 25.8 Å². The van der Waals surface area contributed by atoms with Gasteiger partial charge in [0.05, 0.1) is 26.9 Å². The lowest BCUT2D eigenvalue weighted by atomic mass is 10.0. The molecular formula is C14H13ClN2O4. The molecule has 0 saturated heterocycles. The van der Waals surface area contributed by atoms with Crippen LogP contribution in [0.1, 0.15) is 15.9 Å². The first-order valence-electron chi connectivity index (χ1n) is 5.95. The molecule has 110 valence electrons. The molecule has 2 rings (SSSR count). The van der Waals surface area contributed by atoms with Crippen LogP contribution in [0.15, 0.2) is 24.3 Å². The largest absolute Gasteiger partial charge is 0.496 e. The van der Waals surface area contributed by atoms with Crippen LogP contribution in [0.5, 0.6) is 17.6 Å². The van der Waals surface area contributed by atoms with E-state index < -0.39 is 5.78 Å². The minimum Gasteiger partial charge on any atom is -0.496 e. The highest BCUT2D eigenvalue weighted by Crippen LogP contribution is 2.30. The molecule has 0 fully saturated rings. The smallest absolute Gasteiger partial charge is 0.320 e. The maximum Gasteiger partial charge on any atom is 0.320 e. The van der Waals surface area contributed by atoms with Crippen LogP contribution in [0, 0.1) is 0 Å². The highest BCUT2D eigenvalue weighted by atomic mass is 35.5. The van der Waals surface area contributed by atoms with Gasteiger partial charge in [0.15, 0.2) is 5.15 Å². The van der Waals surface area contributed by atoms with Crippen molar-refractivity contribution in [2.75, 3.05) is 21.3 Å². The summed E-state index contributed by atoms with van der Waals surface area (Å²) in [5, 5.41) is -0.0467. The van der Waals surface area contributed by atoms with Crippen LogP contribution in [0.25, 0.3) is 0 Å². The molecule has 0 aliphatic rings. The number of rotatable bonds is 5. The first-order valence-corrected chi connectivity index (χ1v) is 6.33. The first kappa shape index (κ1) is 15.1. The molecule has 1 aromatic carbocycles. The van der Waals surface area contributed by atoms with Gasteiger partial charge in [-0.2, -0.15) is 9.97 Å². The van der Waals surface area contributed by atoms with Crippen molar-refractivity contribution in [1.29, 1.82) is 0 Å². The lowest BCUT2D eigenvalue weighted by molar-refractivity contribution is 0.103. The molecule has 21 heavy (non-hydrogen) atoms. The zero-order valence-corrected chi connectivity index (χ0v) is 12.5. The van der Waals surface area contributed by atoms with Gasteiger partial charge in [-0.25, -0.2) is 0 Å². The molecule has 0 radical (unpaired) electrons. The molecule has 0 amide bonds. The van der Waals surface area contributed by atoms with Crippen molar-refractivity contribution in [2.45, 2.75) is 0 Å². The number of aromatic nitrogens is 2. The van der Waals surface area contributed by atoms with Crippen LogP contribution in [0.2, 0.25) is 5.15 Å². The van der Waals surface area contributed by atoms with Gasteiger partial charge in [0.1, 0.15) is 11.3 Å². The van der Waals surface area contributed by atoms with E-state index in [-0.39, 0.29) is 22.6 Å². The number of hydrogen-bond acceptors (Lipinski definition) is 6. The predicted molar refractivity (Wildman–Crippen MR) is 76.6 cm³/mol. The molecule has 2 aromatic rings.